The van der Waals surface area contributed by atoms with Gasteiger partial charge < -0.3 is 14.4 Å². The molecule has 2 aliphatic rings. The first-order valence-electron chi connectivity index (χ1n) is 8.35. The van der Waals surface area contributed by atoms with Gasteiger partial charge in [-0.25, -0.2) is 0 Å². The van der Waals surface area contributed by atoms with Crippen LogP contribution in [0, 0.1) is 0 Å². The average molecular weight is 338 g/mol. The minimum Gasteiger partial charge on any atom is -0.383 e. The minimum absolute atomic E-state index is 0.0937. The number of hydrogen-bond acceptors (Lipinski definition) is 5. The zero-order valence-electron chi connectivity index (χ0n) is 13.8. The standard InChI is InChI=1S/C17H26N2O3S/c1-21-10-8-19-9-11-22-14-17(19)4-6-18(7-5-17)16(20)13-15-3-2-12-23-15/h2-3,12H,4-11,13-14H2,1H3. The van der Waals surface area contributed by atoms with Gasteiger partial charge >= 0.3 is 0 Å². The first kappa shape index (κ1) is 16.9. The van der Waals surface area contributed by atoms with E-state index >= 15 is 0 Å². The van der Waals surface area contributed by atoms with Crippen LogP contribution < -0.4 is 0 Å². The normalized spacial score (nSPS) is 21.7. The largest absolute Gasteiger partial charge is 0.383 e. The second-order valence-corrected chi connectivity index (χ2v) is 7.43. The smallest absolute Gasteiger partial charge is 0.227 e. The molecule has 0 unspecified atom stereocenters. The van der Waals surface area contributed by atoms with E-state index < -0.39 is 0 Å². The van der Waals surface area contributed by atoms with Gasteiger partial charge in [-0.2, -0.15) is 0 Å². The van der Waals surface area contributed by atoms with E-state index in [9.17, 15) is 4.79 Å². The third kappa shape index (κ3) is 3.94. The number of morpholine rings is 1. The molecule has 2 saturated heterocycles. The molecule has 1 aromatic rings. The summed E-state index contributed by atoms with van der Waals surface area (Å²) in [7, 11) is 1.75. The molecule has 3 rings (SSSR count). The lowest BCUT2D eigenvalue weighted by Crippen LogP contribution is -2.62. The van der Waals surface area contributed by atoms with Gasteiger partial charge in [0.05, 0.1) is 26.2 Å². The lowest BCUT2D eigenvalue weighted by molar-refractivity contribution is -0.138. The van der Waals surface area contributed by atoms with Crippen molar-refractivity contribution in [3.63, 3.8) is 0 Å². The monoisotopic (exact) mass is 338 g/mol. The Morgan fingerprint density at radius 3 is 2.91 bits per heavy atom. The predicted molar refractivity (Wildman–Crippen MR) is 90.8 cm³/mol. The van der Waals surface area contributed by atoms with E-state index in [0.29, 0.717) is 6.42 Å². The number of carbonyl (C=O) groups is 1. The number of piperidine rings is 1. The molecule has 2 aliphatic heterocycles. The number of rotatable bonds is 5. The molecule has 0 aliphatic carbocycles. The number of nitrogens with zero attached hydrogens (tertiary/aromatic N) is 2. The SMILES string of the molecule is COCCN1CCOCC12CCN(C(=O)Cc1cccs1)CC2. The van der Waals surface area contributed by atoms with Crippen molar-refractivity contribution in [3.05, 3.63) is 22.4 Å². The maximum Gasteiger partial charge on any atom is 0.227 e. The summed E-state index contributed by atoms with van der Waals surface area (Å²) in [5.41, 5.74) is 0.0937. The highest BCUT2D eigenvalue weighted by Gasteiger charge is 2.42. The fourth-order valence-electron chi connectivity index (χ4n) is 3.62. The molecule has 5 nitrogen and oxygen atoms in total. The lowest BCUT2D eigenvalue weighted by atomic mass is 9.85. The first-order valence-corrected chi connectivity index (χ1v) is 9.23. The molecule has 0 N–H and O–H groups in total. The molecule has 0 saturated carbocycles. The molecule has 23 heavy (non-hydrogen) atoms. The van der Waals surface area contributed by atoms with Crippen molar-refractivity contribution in [1.82, 2.24) is 9.80 Å². The number of likely N-dealkylation sites (tertiary alicyclic amines) is 1. The van der Waals surface area contributed by atoms with Crippen LogP contribution in [0.3, 0.4) is 0 Å². The summed E-state index contributed by atoms with van der Waals surface area (Å²) in [4.78, 5) is 18.1. The van der Waals surface area contributed by atoms with Crippen LogP contribution in [0.1, 0.15) is 17.7 Å². The number of carbonyl (C=O) groups excluding carboxylic acids is 1. The molecule has 0 radical (unpaired) electrons. The van der Waals surface area contributed by atoms with Gasteiger partial charge in [0, 0.05) is 43.7 Å². The van der Waals surface area contributed by atoms with Gasteiger partial charge in [0.1, 0.15) is 0 Å². The van der Waals surface area contributed by atoms with E-state index in [1.807, 2.05) is 22.4 Å². The molecule has 2 fully saturated rings. The summed E-state index contributed by atoms with van der Waals surface area (Å²) in [6.07, 6.45) is 2.52. The zero-order chi connectivity index (χ0) is 16.1. The molecule has 0 atom stereocenters. The highest BCUT2D eigenvalue weighted by atomic mass is 32.1. The fourth-order valence-corrected chi connectivity index (χ4v) is 4.32. The summed E-state index contributed by atoms with van der Waals surface area (Å²) < 4.78 is 11.0. The number of hydrogen-bond donors (Lipinski definition) is 0. The van der Waals surface area contributed by atoms with Crippen LogP contribution in [0.15, 0.2) is 17.5 Å². The van der Waals surface area contributed by atoms with Crippen molar-refractivity contribution in [2.24, 2.45) is 0 Å². The maximum absolute atomic E-state index is 12.5. The van der Waals surface area contributed by atoms with Crippen LogP contribution >= 0.6 is 11.3 Å². The van der Waals surface area contributed by atoms with E-state index in [1.165, 1.54) is 0 Å². The van der Waals surface area contributed by atoms with Gasteiger partial charge in [-0.15, -0.1) is 11.3 Å². The van der Waals surface area contributed by atoms with E-state index in [-0.39, 0.29) is 11.4 Å². The van der Waals surface area contributed by atoms with Gasteiger partial charge in [0.2, 0.25) is 5.91 Å². The first-order chi connectivity index (χ1) is 11.2. The summed E-state index contributed by atoms with van der Waals surface area (Å²) >= 11 is 1.66. The van der Waals surface area contributed by atoms with Crippen molar-refractivity contribution < 1.29 is 14.3 Å². The number of methoxy groups -OCH3 is 1. The number of ether oxygens (including phenoxy) is 2. The van der Waals surface area contributed by atoms with E-state index in [1.54, 1.807) is 18.4 Å². The molecule has 1 aromatic heterocycles. The second-order valence-electron chi connectivity index (χ2n) is 6.39. The van der Waals surface area contributed by atoms with E-state index in [4.69, 9.17) is 9.47 Å². The molecule has 0 aromatic carbocycles. The Kier molecular flexibility index (Phi) is 5.69. The molecule has 128 valence electrons. The van der Waals surface area contributed by atoms with Crippen LogP contribution in [0.25, 0.3) is 0 Å². The number of thiophene rings is 1. The molecular weight excluding hydrogens is 312 g/mol. The van der Waals surface area contributed by atoms with E-state index in [0.717, 1.165) is 63.7 Å². The molecule has 1 spiro atoms. The van der Waals surface area contributed by atoms with Crippen LogP contribution in [-0.2, 0) is 20.7 Å². The van der Waals surface area contributed by atoms with E-state index in [2.05, 4.69) is 4.90 Å². The van der Waals surface area contributed by atoms with Gasteiger partial charge in [0.15, 0.2) is 0 Å². The Labute approximate surface area is 142 Å². The Morgan fingerprint density at radius 1 is 1.39 bits per heavy atom. The lowest BCUT2D eigenvalue weighted by Gasteiger charge is -2.51. The van der Waals surface area contributed by atoms with Crippen LogP contribution in [0.5, 0.6) is 0 Å². The predicted octanol–water partition coefficient (Wildman–Crippen LogP) is 1.63. The van der Waals surface area contributed by atoms with Crippen LogP contribution in [0.2, 0.25) is 0 Å². The third-order valence-electron chi connectivity index (χ3n) is 5.06. The van der Waals surface area contributed by atoms with Crippen molar-refractivity contribution in [2.45, 2.75) is 24.8 Å². The van der Waals surface area contributed by atoms with Crippen molar-refractivity contribution in [2.75, 3.05) is 53.1 Å². The Hall–Kier alpha value is -0.950. The van der Waals surface area contributed by atoms with Crippen molar-refractivity contribution in [3.8, 4) is 0 Å². The van der Waals surface area contributed by atoms with Gasteiger partial charge in [-0.3, -0.25) is 9.69 Å². The summed E-state index contributed by atoms with van der Waals surface area (Å²) in [5.74, 6) is 0.252. The Bertz CT molecular complexity index is 498. The number of amides is 1. The highest BCUT2D eigenvalue weighted by Crippen LogP contribution is 2.32. The van der Waals surface area contributed by atoms with Crippen molar-refractivity contribution in [1.29, 1.82) is 0 Å². The highest BCUT2D eigenvalue weighted by molar-refractivity contribution is 7.10. The molecular formula is C17H26N2O3S. The average Bonchev–Trinajstić information content (AvgIpc) is 3.08. The zero-order valence-corrected chi connectivity index (χ0v) is 14.6. The van der Waals surface area contributed by atoms with Crippen LogP contribution in [-0.4, -0.2) is 74.4 Å². The maximum atomic E-state index is 12.5. The quantitative estimate of drug-likeness (QED) is 0.818. The van der Waals surface area contributed by atoms with Gasteiger partial charge in [0.25, 0.3) is 0 Å². The Balaban J connectivity index is 1.56. The molecule has 6 heteroatoms. The van der Waals surface area contributed by atoms with Gasteiger partial charge in [-0.05, 0) is 24.3 Å². The fraction of sp³-hybridized carbons (Fsp3) is 0.706. The molecule has 1 amide bonds. The summed E-state index contributed by atoms with van der Waals surface area (Å²) in [6, 6.07) is 4.04. The minimum atomic E-state index is 0.0937. The van der Waals surface area contributed by atoms with Crippen molar-refractivity contribution >= 4 is 17.2 Å². The molecule has 3 heterocycles. The third-order valence-corrected chi connectivity index (χ3v) is 5.94. The second kappa shape index (κ2) is 7.75. The summed E-state index contributed by atoms with van der Waals surface area (Å²) in [5, 5.41) is 2.03. The topological polar surface area (TPSA) is 42.0 Å². The van der Waals surface area contributed by atoms with Gasteiger partial charge in [-0.1, -0.05) is 6.07 Å². The Morgan fingerprint density at radius 2 is 2.22 bits per heavy atom. The van der Waals surface area contributed by atoms with Crippen LogP contribution in [0.4, 0.5) is 0 Å². The molecule has 0 bridgehead atoms. The summed E-state index contributed by atoms with van der Waals surface area (Å²) in [6.45, 7) is 5.91.